The molecule has 7 nitrogen and oxygen atoms in total. The maximum atomic E-state index is 13.4. The number of piperazine rings is 1. The number of piperidine rings is 1. The second kappa shape index (κ2) is 10.4. The first-order valence-corrected chi connectivity index (χ1v) is 12.3. The second-order valence-corrected chi connectivity index (χ2v) is 9.28. The van der Waals surface area contributed by atoms with E-state index in [9.17, 15) is 14.4 Å². The molecule has 0 aromatic heterocycles. The van der Waals surface area contributed by atoms with Gasteiger partial charge in [-0.15, -0.1) is 0 Å². The fourth-order valence-electron chi connectivity index (χ4n) is 5.18. The molecule has 2 saturated heterocycles. The number of hydrogen-bond acceptors (Lipinski definition) is 4. The molecule has 0 radical (unpaired) electrons. The summed E-state index contributed by atoms with van der Waals surface area (Å²) in [4.78, 5) is 44.3. The van der Waals surface area contributed by atoms with Crippen LogP contribution in [-0.2, 0) is 9.59 Å². The SMILES string of the molecule is CCC(=O)Nc1ccc(N2CCN(C(=O)C3CCCC3)CC2)c(C(=O)N2CCCCC2)c1. The van der Waals surface area contributed by atoms with Gasteiger partial charge in [-0.05, 0) is 50.3 Å². The topological polar surface area (TPSA) is 73.0 Å². The molecule has 3 fully saturated rings. The van der Waals surface area contributed by atoms with E-state index in [1.807, 2.05) is 34.9 Å². The predicted molar refractivity (Wildman–Crippen MR) is 126 cm³/mol. The quantitative estimate of drug-likeness (QED) is 0.761. The van der Waals surface area contributed by atoms with Gasteiger partial charge in [-0.2, -0.15) is 0 Å². The number of likely N-dealkylation sites (tertiary alicyclic amines) is 1. The van der Waals surface area contributed by atoms with Crippen LogP contribution in [-0.4, -0.2) is 66.8 Å². The Morgan fingerprint density at radius 1 is 0.875 bits per heavy atom. The van der Waals surface area contributed by atoms with E-state index in [4.69, 9.17) is 0 Å². The number of nitrogens with zero attached hydrogens (tertiary/aromatic N) is 3. The molecule has 0 unspecified atom stereocenters. The summed E-state index contributed by atoms with van der Waals surface area (Å²) < 4.78 is 0. The van der Waals surface area contributed by atoms with Crippen molar-refractivity contribution in [2.45, 2.75) is 58.3 Å². The van der Waals surface area contributed by atoms with Gasteiger partial charge in [-0.25, -0.2) is 0 Å². The number of nitrogens with one attached hydrogen (secondary N) is 1. The molecule has 3 aliphatic rings. The first-order valence-electron chi connectivity index (χ1n) is 12.3. The van der Waals surface area contributed by atoms with Crippen molar-refractivity contribution < 1.29 is 14.4 Å². The Morgan fingerprint density at radius 2 is 1.56 bits per heavy atom. The molecule has 1 aromatic carbocycles. The highest BCUT2D eigenvalue weighted by molar-refractivity contribution is 6.02. The minimum absolute atomic E-state index is 0.0387. The summed E-state index contributed by atoms with van der Waals surface area (Å²) >= 11 is 0. The van der Waals surface area contributed by atoms with Gasteiger partial charge in [0.15, 0.2) is 0 Å². The minimum atomic E-state index is -0.0619. The van der Waals surface area contributed by atoms with Gasteiger partial charge in [0.05, 0.1) is 5.56 Å². The fourth-order valence-corrected chi connectivity index (χ4v) is 5.18. The van der Waals surface area contributed by atoms with Crippen LogP contribution in [0.2, 0.25) is 0 Å². The van der Waals surface area contributed by atoms with Crippen molar-refractivity contribution in [3.8, 4) is 0 Å². The summed E-state index contributed by atoms with van der Waals surface area (Å²) in [5, 5.41) is 2.89. The van der Waals surface area contributed by atoms with Crippen LogP contribution in [0.3, 0.4) is 0 Å². The number of benzene rings is 1. The minimum Gasteiger partial charge on any atom is -0.367 e. The van der Waals surface area contributed by atoms with Gasteiger partial charge in [0.1, 0.15) is 0 Å². The third-order valence-electron chi connectivity index (χ3n) is 7.11. The molecule has 1 saturated carbocycles. The summed E-state index contributed by atoms with van der Waals surface area (Å²) in [7, 11) is 0. The van der Waals surface area contributed by atoms with Crippen molar-refractivity contribution in [3.05, 3.63) is 23.8 Å². The first kappa shape index (κ1) is 22.6. The lowest BCUT2D eigenvalue weighted by Crippen LogP contribution is -2.50. The van der Waals surface area contributed by atoms with Gasteiger partial charge in [-0.3, -0.25) is 14.4 Å². The molecule has 32 heavy (non-hydrogen) atoms. The number of carbonyl (C=O) groups excluding carboxylic acids is 3. The van der Waals surface area contributed by atoms with E-state index in [0.29, 0.717) is 36.7 Å². The van der Waals surface area contributed by atoms with Crippen LogP contribution in [0.15, 0.2) is 18.2 Å². The van der Waals surface area contributed by atoms with Crippen molar-refractivity contribution >= 4 is 29.1 Å². The molecule has 2 heterocycles. The Balaban J connectivity index is 1.51. The van der Waals surface area contributed by atoms with Crippen LogP contribution in [0.1, 0.15) is 68.6 Å². The smallest absolute Gasteiger partial charge is 0.256 e. The van der Waals surface area contributed by atoms with E-state index in [1.165, 1.54) is 19.3 Å². The first-order chi connectivity index (χ1) is 15.6. The zero-order valence-corrected chi connectivity index (χ0v) is 19.3. The van der Waals surface area contributed by atoms with Crippen molar-refractivity contribution in [2.75, 3.05) is 49.5 Å². The van der Waals surface area contributed by atoms with Gasteiger partial charge >= 0.3 is 0 Å². The average molecular weight is 441 g/mol. The number of amides is 3. The highest BCUT2D eigenvalue weighted by atomic mass is 16.2. The number of hydrogen-bond donors (Lipinski definition) is 1. The molecular formula is C25H36N4O3. The van der Waals surface area contributed by atoms with E-state index < -0.39 is 0 Å². The summed E-state index contributed by atoms with van der Waals surface area (Å²) in [6.07, 6.45) is 8.02. The zero-order valence-electron chi connectivity index (χ0n) is 19.3. The highest BCUT2D eigenvalue weighted by Crippen LogP contribution is 2.30. The van der Waals surface area contributed by atoms with Gasteiger partial charge in [0, 0.05) is 63.0 Å². The number of anilines is 2. The molecule has 2 aliphatic heterocycles. The Labute approximate surface area is 191 Å². The van der Waals surface area contributed by atoms with Gasteiger partial charge < -0.3 is 20.0 Å². The molecule has 0 atom stereocenters. The van der Waals surface area contributed by atoms with Crippen molar-refractivity contribution in [1.82, 2.24) is 9.80 Å². The van der Waals surface area contributed by atoms with Crippen LogP contribution in [0.4, 0.5) is 11.4 Å². The molecule has 3 amide bonds. The average Bonchev–Trinajstić information content (AvgIpc) is 3.39. The van der Waals surface area contributed by atoms with Crippen molar-refractivity contribution in [1.29, 1.82) is 0 Å². The van der Waals surface area contributed by atoms with E-state index in [0.717, 1.165) is 57.5 Å². The molecule has 0 spiro atoms. The van der Waals surface area contributed by atoms with Crippen LogP contribution in [0.5, 0.6) is 0 Å². The maximum Gasteiger partial charge on any atom is 0.256 e. The maximum absolute atomic E-state index is 13.4. The number of rotatable bonds is 5. The Bertz CT molecular complexity index is 836. The van der Waals surface area contributed by atoms with Crippen molar-refractivity contribution in [2.24, 2.45) is 5.92 Å². The predicted octanol–water partition coefficient (Wildman–Crippen LogP) is 3.50. The zero-order chi connectivity index (χ0) is 22.5. The van der Waals surface area contributed by atoms with Crippen LogP contribution < -0.4 is 10.2 Å². The lowest BCUT2D eigenvalue weighted by molar-refractivity contribution is -0.135. The highest BCUT2D eigenvalue weighted by Gasteiger charge is 2.31. The monoisotopic (exact) mass is 440 g/mol. The summed E-state index contributed by atoms with van der Waals surface area (Å²) in [6.45, 7) is 6.22. The summed E-state index contributed by atoms with van der Waals surface area (Å²) in [6, 6.07) is 5.67. The van der Waals surface area contributed by atoms with Crippen LogP contribution in [0.25, 0.3) is 0 Å². The molecule has 1 aromatic rings. The second-order valence-electron chi connectivity index (χ2n) is 9.28. The molecule has 4 rings (SSSR count). The lowest BCUT2D eigenvalue weighted by atomic mass is 10.0. The fraction of sp³-hybridized carbons (Fsp3) is 0.640. The Morgan fingerprint density at radius 3 is 2.22 bits per heavy atom. The third-order valence-corrected chi connectivity index (χ3v) is 7.11. The van der Waals surface area contributed by atoms with Gasteiger partial charge in [-0.1, -0.05) is 19.8 Å². The molecule has 0 bridgehead atoms. The Hall–Kier alpha value is -2.57. The standard InChI is InChI=1S/C25H36N4O3/c1-2-23(30)26-20-10-11-22(21(18-20)25(32)28-12-6-3-7-13-28)27-14-16-29(17-15-27)24(31)19-8-4-5-9-19/h10-11,18-19H,2-9,12-17H2,1H3,(H,26,30). The summed E-state index contributed by atoms with van der Waals surface area (Å²) in [5.74, 6) is 0.494. The molecular weight excluding hydrogens is 404 g/mol. The van der Waals surface area contributed by atoms with Gasteiger partial charge in [0.25, 0.3) is 5.91 Å². The normalized spacial score (nSPS) is 19.8. The lowest BCUT2D eigenvalue weighted by Gasteiger charge is -2.38. The van der Waals surface area contributed by atoms with Crippen LogP contribution >= 0.6 is 0 Å². The van der Waals surface area contributed by atoms with E-state index in [-0.39, 0.29) is 17.7 Å². The van der Waals surface area contributed by atoms with Gasteiger partial charge in [0.2, 0.25) is 11.8 Å². The number of carbonyl (C=O) groups is 3. The van der Waals surface area contributed by atoms with E-state index in [1.54, 1.807) is 0 Å². The molecule has 1 aliphatic carbocycles. The molecule has 1 N–H and O–H groups in total. The van der Waals surface area contributed by atoms with E-state index >= 15 is 0 Å². The van der Waals surface area contributed by atoms with Crippen LogP contribution in [0, 0.1) is 5.92 Å². The van der Waals surface area contributed by atoms with Crippen molar-refractivity contribution in [3.63, 3.8) is 0 Å². The van der Waals surface area contributed by atoms with E-state index in [2.05, 4.69) is 10.2 Å². The third kappa shape index (κ3) is 5.08. The molecule has 174 valence electrons. The Kier molecular flexibility index (Phi) is 7.33. The largest absolute Gasteiger partial charge is 0.367 e. The molecule has 7 heteroatoms. The summed E-state index contributed by atoms with van der Waals surface area (Å²) in [5.41, 5.74) is 2.22.